The van der Waals surface area contributed by atoms with Gasteiger partial charge in [-0.2, -0.15) is 0 Å². The summed E-state index contributed by atoms with van der Waals surface area (Å²) in [6.45, 7) is 7.45. The van der Waals surface area contributed by atoms with Gasteiger partial charge in [-0.15, -0.1) is 0 Å². The second-order valence-corrected chi connectivity index (χ2v) is 7.20. The molecule has 2 atom stereocenters. The molecule has 0 saturated heterocycles. The Balaban J connectivity index is 4.27. The second-order valence-electron chi connectivity index (χ2n) is 5.80. The molecule has 0 aromatic heterocycles. The van der Waals surface area contributed by atoms with Gasteiger partial charge < -0.3 is 14.1 Å². The van der Waals surface area contributed by atoms with Gasteiger partial charge >= 0.3 is 13.8 Å². The van der Waals surface area contributed by atoms with Gasteiger partial charge in [-0.1, -0.05) is 13.5 Å². The van der Waals surface area contributed by atoms with E-state index >= 15 is 0 Å². The van der Waals surface area contributed by atoms with Crippen LogP contribution in [0.3, 0.4) is 0 Å². The van der Waals surface area contributed by atoms with Crippen LogP contribution >= 0.6 is 7.82 Å². The van der Waals surface area contributed by atoms with E-state index in [0.29, 0.717) is 6.42 Å². The molecule has 0 aliphatic heterocycles. The fourth-order valence-corrected chi connectivity index (χ4v) is 2.21. The number of esters is 1. The van der Waals surface area contributed by atoms with Crippen LogP contribution in [-0.4, -0.2) is 55.9 Å². The highest BCUT2D eigenvalue weighted by Gasteiger charge is 2.28. The minimum absolute atomic E-state index is 0.0914. The molecule has 1 N–H and O–H groups in total. The average Bonchev–Trinajstić information content (AvgIpc) is 2.32. The Hall–Kier alpha value is -0.720. The number of nitrogens with zero attached hydrogens (tertiary/aromatic N) is 1. The summed E-state index contributed by atoms with van der Waals surface area (Å²) in [6, 6.07) is 0. The maximum Gasteiger partial charge on any atom is 0.475 e. The number of ether oxygens (including phenoxy) is 1. The Labute approximate surface area is 126 Å². The van der Waals surface area contributed by atoms with E-state index in [4.69, 9.17) is 13.8 Å². The highest BCUT2D eigenvalue weighted by atomic mass is 31.2. The maximum absolute atomic E-state index is 11.8. The lowest BCUT2D eigenvalue weighted by Crippen LogP contribution is -2.35. The summed E-state index contributed by atoms with van der Waals surface area (Å²) in [5.41, 5.74) is 0.189. The molecule has 0 amide bonds. The van der Waals surface area contributed by atoms with Gasteiger partial charge in [-0.25, -0.2) is 13.9 Å². The molecule has 0 aromatic carbocycles. The summed E-state index contributed by atoms with van der Waals surface area (Å²) >= 11 is 0. The van der Waals surface area contributed by atoms with Gasteiger partial charge in [0.05, 0.1) is 34.3 Å². The third kappa shape index (κ3) is 10.6. The summed E-state index contributed by atoms with van der Waals surface area (Å²) in [5, 5.41) is 0. The summed E-state index contributed by atoms with van der Waals surface area (Å²) < 4.78 is 27.1. The number of quaternary nitrogens is 1. The van der Waals surface area contributed by atoms with Crippen LogP contribution in [0, 0.1) is 0 Å². The molecule has 7 nitrogen and oxygen atoms in total. The van der Waals surface area contributed by atoms with E-state index in [-0.39, 0.29) is 18.6 Å². The van der Waals surface area contributed by atoms with Crippen molar-refractivity contribution < 1.29 is 32.5 Å². The van der Waals surface area contributed by atoms with Gasteiger partial charge in [-0.05, 0) is 6.92 Å². The van der Waals surface area contributed by atoms with E-state index in [0.717, 1.165) is 11.0 Å². The van der Waals surface area contributed by atoms with Crippen molar-refractivity contribution in [1.82, 2.24) is 0 Å². The van der Waals surface area contributed by atoms with Gasteiger partial charge in [0, 0.05) is 18.4 Å². The summed E-state index contributed by atoms with van der Waals surface area (Å²) in [4.78, 5) is 20.9. The van der Waals surface area contributed by atoms with Crippen LogP contribution in [-0.2, 0) is 23.1 Å². The number of hydrogen-bond acceptors (Lipinski definition) is 5. The monoisotopic (exact) mass is 324 g/mol. The molecule has 0 heterocycles. The smallest absolute Gasteiger partial charge is 0.432 e. The minimum Gasteiger partial charge on any atom is -0.432 e. The number of phosphoric ester groups is 1. The molecule has 0 rings (SSSR count). The summed E-state index contributed by atoms with van der Waals surface area (Å²) in [7, 11) is 1.79. The van der Waals surface area contributed by atoms with E-state index < -0.39 is 20.1 Å². The predicted molar refractivity (Wildman–Crippen MR) is 79.4 cm³/mol. The van der Waals surface area contributed by atoms with Crippen LogP contribution in [0.15, 0.2) is 12.2 Å². The topological polar surface area (TPSA) is 82.1 Å². The Morgan fingerprint density at radius 3 is 2.38 bits per heavy atom. The number of carbonyl (C=O) groups excluding carboxylic acids is 1. The highest BCUT2D eigenvalue weighted by molar-refractivity contribution is 7.47. The van der Waals surface area contributed by atoms with Gasteiger partial charge in [0.25, 0.3) is 0 Å². The Bertz CT molecular complexity index is 404. The van der Waals surface area contributed by atoms with Crippen LogP contribution in [0.4, 0.5) is 0 Å². The standard InChI is InChI=1S/C13H26NO6P/c1-7-12(19-13(15)11(2)3)20-21(16,17)18-10-8-9-14(4,5)6/h12H,2,7-10H2,1,3-6H3/p+1. The van der Waals surface area contributed by atoms with E-state index in [1.807, 2.05) is 21.1 Å². The van der Waals surface area contributed by atoms with Gasteiger partial charge in [0.1, 0.15) is 0 Å². The van der Waals surface area contributed by atoms with Crippen molar-refractivity contribution in [3.05, 3.63) is 12.2 Å². The van der Waals surface area contributed by atoms with Crippen molar-refractivity contribution in [3.8, 4) is 0 Å². The molecular weight excluding hydrogens is 297 g/mol. The van der Waals surface area contributed by atoms with Gasteiger partial charge in [-0.3, -0.25) is 4.52 Å². The van der Waals surface area contributed by atoms with Crippen LogP contribution in [0.2, 0.25) is 0 Å². The fourth-order valence-electron chi connectivity index (χ4n) is 1.30. The third-order valence-corrected chi connectivity index (χ3v) is 3.41. The molecule has 0 aliphatic rings. The van der Waals surface area contributed by atoms with Crippen molar-refractivity contribution in [3.63, 3.8) is 0 Å². The molecule has 0 radical (unpaired) electrons. The van der Waals surface area contributed by atoms with Crippen molar-refractivity contribution in [2.75, 3.05) is 34.3 Å². The van der Waals surface area contributed by atoms with Gasteiger partial charge in [0.2, 0.25) is 6.29 Å². The lowest BCUT2D eigenvalue weighted by Gasteiger charge is -2.24. The van der Waals surface area contributed by atoms with Crippen LogP contribution in [0.5, 0.6) is 0 Å². The first kappa shape index (κ1) is 20.3. The molecule has 21 heavy (non-hydrogen) atoms. The lowest BCUT2D eigenvalue weighted by atomic mass is 10.3. The number of carbonyl (C=O) groups is 1. The van der Waals surface area contributed by atoms with E-state index in [9.17, 15) is 14.3 Å². The molecule has 2 unspecified atom stereocenters. The highest BCUT2D eigenvalue weighted by Crippen LogP contribution is 2.45. The molecule has 8 heteroatoms. The van der Waals surface area contributed by atoms with Crippen LogP contribution < -0.4 is 0 Å². The molecule has 0 fully saturated rings. The first-order valence-corrected chi connectivity index (χ1v) is 8.29. The molecule has 0 aromatic rings. The fraction of sp³-hybridized carbons (Fsp3) is 0.769. The quantitative estimate of drug-likeness (QED) is 0.165. The van der Waals surface area contributed by atoms with E-state index in [1.54, 1.807) is 6.92 Å². The van der Waals surface area contributed by atoms with Crippen LogP contribution in [0.25, 0.3) is 0 Å². The average molecular weight is 324 g/mol. The molecule has 0 saturated carbocycles. The zero-order chi connectivity index (χ0) is 16.7. The van der Waals surface area contributed by atoms with E-state index in [1.165, 1.54) is 6.92 Å². The molecular formula is C13H27NO6P+. The maximum atomic E-state index is 11.8. The van der Waals surface area contributed by atoms with Crippen molar-refractivity contribution >= 4 is 13.8 Å². The first-order valence-electron chi connectivity index (χ1n) is 6.79. The summed E-state index contributed by atoms with van der Waals surface area (Å²) in [6.07, 6.45) is -0.297. The number of hydrogen-bond donors (Lipinski definition) is 1. The SMILES string of the molecule is C=C(C)C(=O)OC(CC)OP(=O)(O)OCCC[N+](C)(C)C. The third-order valence-electron chi connectivity index (χ3n) is 2.40. The Morgan fingerprint density at radius 1 is 1.38 bits per heavy atom. The second kappa shape index (κ2) is 8.66. The molecule has 0 spiro atoms. The van der Waals surface area contributed by atoms with Crippen molar-refractivity contribution in [1.29, 1.82) is 0 Å². The first-order chi connectivity index (χ1) is 9.47. The largest absolute Gasteiger partial charge is 0.475 e. The van der Waals surface area contributed by atoms with Crippen LogP contribution in [0.1, 0.15) is 26.7 Å². The minimum atomic E-state index is -4.25. The molecule has 124 valence electrons. The Kier molecular flexibility index (Phi) is 8.36. The Morgan fingerprint density at radius 2 is 1.95 bits per heavy atom. The van der Waals surface area contributed by atoms with Crippen molar-refractivity contribution in [2.24, 2.45) is 0 Å². The molecule has 0 aliphatic carbocycles. The molecule has 0 bridgehead atoms. The number of phosphoric acid groups is 1. The lowest BCUT2D eigenvalue weighted by molar-refractivity contribution is -0.870. The predicted octanol–water partition coefficient (Wildman–Crippen LogP) is 2.07. The zero-order valence-corrected chi connectivity index (χ0v) is 14.4. The number of rotatable bonds is 10. The zero-order valence-electron chi connectivity index (χ0n) is 13.5. The normalized spacial score (nSPS) is 16.1. The summed E-state index contributed by atoms with van der Waals surface area (Å²) in [5.74, 6) is -0.674. The van der Waals surface area contributed by atoms with Crippen molar-refractivity contribution in [2.45, 2.75) is 33.0 Å². The van der Waals surface area contributed by atoms with E-state index in [2.05, 4.69) is 6.58 Å². The van der Waals surface area contributed by atoms with Gasteiger partial charge in [0.15, 0.2) is 0 Å².